The van der Waals surface area contributed by atoms with Gasteiger partial charge in [0, 0.05) is 43.3 Å². The number of ketones is 1. The van der Waals surface area contributed by atoms with E-state index in [0.717, 1.165) is 53.0 Å². The van der Waals surface area contributed by atoms with E-state index in [2.05, 4.69) is 4.98 Å². The minimum absolute atomic E-state index is 0.0770. The van der Waals surface area contributed by atoms with Gasteiger partial charge in [0.25, 0.3) is 0 Å². The number of nitrogens with zero attached hydrogens (tertiary/aromatic N) is 3. The number of carbonyl (C=O) groups is 1. The lowest BCUT2D eigenvalue weighted by molar-refractivity contribution is 0.0979. The molecule has 41 heavy (non-hydrogen) atoms. The largest absolute Gasteiger partial charge is 0.508 e. The highest BCUT2D eigenvalue weighted by Crippen LogP contribution is 2.21. The minimum atomic E-state index is -3.43. The number of unbranched alkanes of at least 4 members (excludes halogenated alkanes) is 1. The van der Waals surface area contributed by atoms with E-state index in [4.69, 9.17) is 4.98 Å². The van der Waals surface area contributed by atoms with E-state index in [0.29, 0.717) is 31.4 Å². The van der Waals surface area contributed by atoms with Crippen molar-refractivity contribution in [3.63, 3.8) is 0 Å². The first-order valence-corrected chi connectivity index (χ1v) is 15.8. The van der Waals surface area contributed by atoms with E-state index in [1.165, 1.54) is 10.6 Å². The van der Waals surface area contributed by atoms with Gasteiger partial charge in [-0.2, -0.15) is 4.31 Å². The first-order valence-electron chi connectivity index (χ1n) is 13.9. The Hall–Kier alpha value is -3.88. The lowest BCUT2D eigenvalue weighted by Gasteiger charge is -2.20. The van der Waals surface area contributed by atoms with E-state index in [1.807, 2.05) is 73.7 Å². The molecule has 1 aromatic heterocycles. The van der Waals surface area contributed by atoms with Gasteiger partial charge < -0.3 is 5.11 Å². The van der Waals surface area contributed by atoms with Gasteiger partial charge in [-0.15, -0.1) is 0 Å². The summed E-state index contributed by atoms with van der Waals surface area (Å²) in [6, 6.07) is 24.4. The molecular weight excluding hydrogens is 534 g/mol. The highest BCUT2D eigenvalue weighted by Gasteiger charge is 2.17. The average Bonchev–Trinajstić information content (AvgIpc) is 2.96. The number of benzene rings is 3. The van der Waals surface area contributed by atoms with Crippen molar-refractivity contribution in [2.24, 2.45) is 0 Å². The molecule has 7 nitrogen and oxygen atoms in total. The maximum absolute atomic E-state index is 12.6. The van der Waals surface area contributed by atoms with Crippen LogP contribution in [-0.2, 0) is 29.4 Å². The fourth-order valence-electron chi connectivity index (χ4n) is 4.65. The Morgan fingerprint density at radius 2 is 1.63 bits per heavy atom. The van der Waals surface area contributed by atoms with E-state index in [-0.39, 0.29) is 18.1 Å². The van der Waals surface area contributed by atoms with Crippen LogP contribution < -0.4 is 0 Å². The van der Waals surface area contributed by atoms with Crippen LogP contribution in [0.5, 0.6) is 5.75 Å². The normalized spacial score (nSPS) is 11.6. The summed E-state index contributed by atoms with van der Waals surface area (Å²) in [4.78, 5) is 21.6. The number of Topliss-reactive ketones (excluding diaryl/α,β-unsaturated/α-hetero) is 1. The lowest BCUT2D eigenvalue weighted by atomic mass is 10.0. The van der Waals surface area contributed by atoms with Gasteiger partial charge in [-0.05, 0) is 68.0 Å². The summed E-state index contributed by atoms with van der Waals surface area (Å²) >= 11 is 0. The van der Waals surface area contributed by atoms with Crippen LogP contribution in [0, 0.1) is 6.92 Å². The van der Waals surface area contributed by atoms with E-state index >= 15 is 0 Å². The Morgan fingerprint density at radius 1 is 0.878 bits per heavy atom. The third-order valence-corrected chi connectivity index (χ3v) is 8.24. The number of sulfonamides is 1. The van der Waals surface area contributed by atoms with Gasteiger partial charge in [0.05, 0.1) is 11.9 Å². The van der Waals surface area contributed by atoms with E-state index in [1.54, 1.807) is 18.3 Å². The lowest BCUT2D eigenvalue weighted by Crippen LogP contribution is -2.30. The van der Waals surface area contributed by atoms with Crippen LogP contribution in [0.4, 0.5) is 0 Å². The van der Waals surface area contributed by atoms with Crippen LogP contribution in [-0.4, -0.2) is 46.4 Å². The maximum atomic E-state index is 12.6. The summed E-state index contributed by atoms with van der Waals surface area (Å²) in [6.45, 7) is 2.59. The number of phenolic OH excluding ortho intramolecular Hbond substituents is 1. The number of aromatic hydroxyl groups is 1. The number of aryl methyl sites for hydroxylation is 3. The molecule has 4 aromatic rings. The molecule has 0 radical (unpaired) electrons. The summed E-state index contributed by atoms with van der Waals surface area (Å²) in [6.07, 6.45) is 7.07. The second-order valence-corrected chi connectivity index (χ2v) is 12.4. The molecule has 4 rings (SSSR count). The molecule has 8 heteroatoms. The molecule has 0 atom stereocenters. The van der Waals surface area contributed by atoms with Crippen LogP contribution in [0.25, 0.3) is 11.3 Å². The number of phenols is 1. The topological polar surface area (TPSA) is 100 Å². The average molecular weight is 572 g/mol. The Balaban J connectivity index is 1.34. The highest BCUT2D eigenvalue weighted by atomic mass is 32.2. The smallest absolute Gasteiger partial charge is 0.211 e. The quantitative estimate of drug-likeness (QED) is 0.144. The van der Waals surface area contributed by atoms with Crippen molar-refractivity contribution in [3.8, 4) is 17.0 Å². The Morgan fingerprint density at radius 3 is 2.37 bits per heavy atom. The van der Waals surface area contributed by atoms with Gasteiger partial charge in [0.1, 0.15) is 11.6 Å². The number of aromatic nitrogens is 2. The molecule has 1 heterocycles. The van der Waals surface area contributed by atoms with Gasteiger partial charge in [0.2, 0.25) is 10.0 Å². The van der Waals surface area contributed by atoms with Crippen LogP contribution >= 0.6 is 0 Å². The molecule has 0 bridgehead atoms. The molecule has 214 valence electrons. The molecule has 0 unspecified atom stereocenters. The van der Waals surface area contributed by atoms with Crippen LogP contribution in [0.15, 0.2) is 85.1 Å². The summed E-state index contributed by atoms with van der Waals surface area (Å²) in [5.41, 5.74) is 5.52. The van der Waals surface area contributed by atoms with Gasteiger partial charge >= 0.3 is 0 Å². The number of hydrogen-bond acceptors (Lipinski definition) is 6. The van der Waals surface area contributed by atoms with Gasteiger partial charge in [-0.3, -0.25) is 4.79 Å². The number of rotatable bonds is 14. The monoisotopic (exact) mass is 571 g/mol. The third-order valence-electron chi connectivity index (χ3n) is 6.99. The van der Waals surface area contributed by atoms with Crippen molar-refractivity contribution in [2.45, 2.75) is 52.0 Å². The summed E-state index contributed by atoms with van der Waals surface area (Å²) in [5, 5.41) is 9.45. The summed E-state index contributed by atoms with van der Waals surface area (Å²) < 4.78 is 26.6. The second-order valence-electron chi connectivity index (χ2n) is 10.4. The van der Waals surface area contributed by atoms with Crippen molar-refractivity contribution in [2.75, 3.05) is 12.8 Å². The van der Waals surface area contributed by atoms with Crippen LogP contribution in [0.2, 0.25) is 0 Å². The van der Waals surface area contributed by atoms with Crippen molar-refractivity contribution in [3.05, 3.63) is 113 Å². The van der Waals surface area contributed by atoms with Crippen molar-refractivity contribution in [1.29, 1.82) is 0 Å². The molecule has 0 aliphatic rings. The molecule has 0 amide bonds. The highest BCUT2D eigenvalue weighted by molar-refractivity contribution is 7.88. The zero-order chi connectivity index (χ0) is 29.2. The predicted molar refractivity (Wildman–Crippen MR) is 162 cm³/mol. The second kappa shape index (κ2) is 14.1. The first-order chi connectivity index (χ1) is 19.7. The Kier molecular flexibility index (Phi) is 10.4. The molecule has 0 aliphatic heterocycles. The predicted octanol–water partition coefficient (Wildman–Crippen LogP) is 6.15. The standard InChI is InChI=1S/C33H37N3O4S/c1-25-12-16-28(17-13-25)32(38)10-3-4-22-36(41(2,39)40)24-27-8-5-9-29(23-27)31-20-21-34-33(35-31)11-6-7-26-14-18-30(37)19-15-26/h5,8-9,12-21,23,37H,3-4,6-7,10-11,22,24H2,1-2H3. The molecule has 0 fully saturated rings. The van der Waals surface area contributed by atoms with Crippen molar-refractivity contribution < 1.29 is 18.3 Å². The van der Waals surface area contributed by atoms with Crippen molar-refractivity contribution >= 4 is 15.8 Å². The minimum Gasteiger partial charge on any atom is -0.508 e. The van der Waals surface area contributed by atoms with Crippen LogP contribution in [0.3, 0.4) is 0 Å². The van der Waals surface area contributed by atoms with Gasteiger partial charge in [-0.25, -0.2) is 18.4 Å². The van der Waals surface area contributed by atoms with E-state index in [9.17, 15) is 18.3 Å². The van der Waals surface area contributed by atoms with Gasteiger partial charge in [0.15, 0.2) is 5.78 Å². The zero-order valence-electron chi connectivity index (χ0n) is 23.7. The van der Waals surface area contributed by atoms with Gasteiger partial charge in [-0.1, -0.05) is 60.2 Å². The Bertz CT molecular complexity index is 1550. The molecule has 1 N–H and O–H groups in total. The maximum Gasteiger partial charge on any atom is 0.211 e. The molecule has 0 spiro atoms. The molecule has 3 aromatic carbocycles. The third kappa shape index (κ3) is 9.33. The molecule has 0 saturated heterocycles. The molecule has 0 saturated carbocycles. The number of carbonyl (C=O) groups excluding carboxylic acids is 1. The van der Waals surface area contributed by atoms with Crippen molar-refractivity contribution in [1.82, 2.24) is 14.3 Å². The fraction of sp³-hybridized carbons (Fsp3) is 0.303. The fourth-order valence-corrected chi connectivity index (χ4v) is 5.49. The molecule has 0 aliphatic carbocycles. The first kappa shape index (κ1) is 30.1. The molecular formula is C33H37N3O4S. The summed E-state index contributed by atoms with van der Waals surface area (Å²) in [7, 11) is -3.43. The summed E-state index contributed by atoms with van der Waals surface area (Å²) in [5.74, 6) is 1.09. The van der Waals surface area contributed by atoms with Crippen LogP contribution in [0.1, 0.15) is 58.6 Å². The number of hydrogen-bond donors (Lipinski definition) is 1. The zero-order valence-corrected chi connectivity index (χ0v) is 24.5. The van der Waals surface area contributed by atoms with E-state index < -0.39 is 10.0 Å². The SMILES string of the molecule is Cc1ccc(C(=O)CCCCN(Cc2cccc(-c3ccnc(CCCc4ccc(O)cc4)n3)c2)S(C)(=O)=O)cc1. The Labute approximate surface area is 243 Å².